The Kier molecular flexibility index (Phi) is 2.56. The quantitative estimate of drug-likeness (QED) is 0.253. The molecule has 0 aliphatic heterocycles. The van der Waals surface area contributed by atoms with E-state index in [2.05, 4.69) is 15.3 Å². The van der Waals surface area contributed by atoms with E-state index in [1.807, 2.05) is 0 Å². The highest BCUT2D eigenvalue weighted by molar-refractivity contribution is 5.94. The molecular formula is C6H7N5O3. The second kappa shape index (κ2) is 3.64. The zero-order valence-corrected chi connectivity index (χ0v) is 7.20. The van der Waals surface area contributed by atoms with Gasteiger partial charge in [0.2, 0.25) is 0 Å². The molecule has 0 aromatic carbocycles. The van der Waals surface area contributed by atoms with Crippen LogP contribution in [0.25, 0.3) is 0 Å². The topological polar surface area (TPSA) is 125 Å². The van der Waals surface area contributed by atoms with E-state index in [1.54, 1.807) is 0 Å². The van der Waals surface area contributed by atoms with E-state index in [4.69, 9.17) is 5.41 Å². The summed E-state index contributed by atoms with van der Waals surface area (Å²) in [6, 6.07) is 0. The molecule has 1 heterocycles. The third-order valence-electron chi connectivity index (χ3n) is 1.51. The molecule has 0 amide bonds. The maximum atomic E-state index is 11.2. The first-order chi connectivity index (χ1) is 6.57. The molecule has 0 aliphatic rings. The lowest BCUT2D eigenvalue weighted by Gasteiger charge is -2.02. The predicted octanol–water partition coefficient (Wildman–Crippen LogP) is -0.586. The molecule has 0 atom stereocenters. The standard InChI is InChI=1S/C6H7N5O3/c1-8-5-3(4(7)11(13)14)6(12)10-2-9-5/h2,7H,1H3,(H2,8,9,10,12). The molecular weight excluding hydrogens is 190 g/mol. The van der Waals surface area contributed by atoms with Crippen LogP contribution in [0.4, 0.5) is 5.82 Å². The number of aromatic nitrogens is 2. The minimum atomic E-state index is -0.983. The summed E-state index contributed by atoms with van der Waals surface area (Å²) in [6.45, 7) is 0. The Morgan fingerprint density at radius 3 is 2.93 bits per heavy atom. The van der Waals surface area contributed by atoms with Gasteiger partial charge in [0.05, 0.1) is 6.33 Å². The van der Waals surface area contributed by atoms with E-state index in [0.29, 0.717) is 0 Å². The van der Waals surface area contributed by atoms with Crippen LogP contribution < -0.4 is 10.9 Å². The highest BCUT2D eigenvalue weighted by Gasteiger charge is 2.21. The van der Waals surface area contributed by atoms with E-state index < -0.39 is 16.3 Å². The van der Waals surface area contributed by atoms with Gasteiger partial charge in [0.15, 0.2) is 5.56 Å². The molecule has 0 radical (unpaired) electrons. The van der Waals surface area contributed by atoms with Crippen molar-refractivity contribution in [2.75, 3.05) is 12.4 Å². The lowest BCUT2D eigenvalue weighted by Crippen LogP contribution is -2.25. The van der Waals surface area contributed by atoms with Crippen LogP contribution in [-0.4, -0.2) is 27.8 Å². The van der Waals surface area contributed by atoms with Crippen molar-refractivity contribution in [3.63, 3.8) is 0 Å². The van der Waals surface area contributed by atoms with Gasteiger partial charge in [-0.25, -0.2) is 4.98 Å². The van der Waals surface area contributed by atoms with E-state index in [-0.39, 0.29) is 11.4 Å². The van der Waals surface area contributed by atoms with E-state index >= 15 is 0 Å². The smallest absolute Gasteiger partial charge is 0.372 e. The van der Waals surface area contributed by atoms with Crippen molar-refractivity contribution in [1.29, 1.82) is 5.41 Å². The van der Waals surface area contributed by atoms with E-state index in [0.717, 1.165) is 6.33 Å². The number of aromatic amines is 1. The van der Waals surface area contributed by atoms with E-state index in [9.17, 15) is 14.9 Å². The summed E-state index contributed by atoms with van der Waals surface area (Å²) < 4.78 is 0. The van der Waals surface area contributed by atoms with Gasteiger partial charge in [-0.05, 0) is 4.92 Å². The van der Waals surface area contributed by atoms with Gasteiger partial charge >= 0.3 is 5.84 Å². The van der Waals surface area contributed by atoms with Crippen molar-refractivity contribution in [2.24, 2.45) is 0 Å². The van der Waals surface area contributed by atoms with Gasteiger partial charge < -0.3 is 20.4 Å². The van der Waals surface area contributed by atoms with Crippen molar-refractivity contribution in [2.45, 2.75) is 0 Å². The number of hydrogen-bond donors (Lipinski definition) is 3. The fourth-order valence-electron chi connectivity index (χ4n) is 0.900. The third kappa shape index (κ3) is 1.58. The van der Waals surface area contributed by atoms with Crippen molar-refractivity contribution in [1.82, 2.24) is 9.97 Å². The van der Waals surface area contributed by atoms with E-state index in [1.165, 1.54) is 7.05 Å². The Hall–Kier alpha value is -2.25. The summed E-state index contributed by atoms with van der Waals surface area (Å²) in [4.78, 5) is 26.3. The number of hydrogen-bond acceptors (Lipinski definition) is 6. The first kappa shape index (κ1) is 9.84. The molecule has 3 N–H and O–H groups in total. The maximum absolute atomic E-state index is 11.2. The summed E-state index contributed by atoms with van der Waals surface area (Å²) in [5.74, 6) is -0.973. The Balaban J connectivity index is 3.38. The van der Waals surface area contributed by atoms with Crippen LogP contribution in [0.5, 0.6) is 0 Å². The first-order valence-electron chi connectivity index (χ1n) is 3.56. The molecule has 0 fully saturated rings. The fraction of sp³-hybridized carbons (Fsp3) is 0.167. The monoisotopic (exact) mass is 197 g/mol. The molecule has 14 heavy (non-hydrogen) atoms. The summed E-state index contributed by atoms with van der Waals surface area (Å²) >= 11 is 0. The van der Waals surface area contributed by atoms with Crippen LogP contribution in [0.15, 0.2) is 11.1 Å². The Morgan fingerprint density at radius 2 is 2.43 bits per heavy atom. The van der Waals surface area contributed by atoms with Crippen LogP contribution in [0.2, 0.25) is 0 Å². The Bertz CT molecular complexity index is 437. The molecule has 0 spiro atoms. The second-order valence-electron chi connectivity index (χ2n) is 2.31. The fourth-order valence-corrected chi connectivity index (χ4v) is 0.900. The molecule has 0 bridgehead atoms. The number of rotatable bonds is 2. The maximum Gasteiger partial charge on any atom is 0.372 e. The van der Waals surface area contributed by atoms with Crippen molar-refractivity contribution >= 4 is 11.7 Å². The van der Waals surface area contributed by atoms with Gasteiger partial charge in [0, 0.05) is 7.05 Å². The predicted molar refractivity (Wildman–Crippen MR) is 48.2 cm³/mol. The summed E-state index contributed by atoms with van der Waals surface area (Å²) in [5, 5.41) is 19.9. The largest absolute Gasteiger partial charge is 0.372 e. The molecule has 1 rings (SSSR count). The number of nitrogens with zero attached hydrogens (tertiary/aromatic N) is 2. The lowest BCUT2D eigenvalue weighted by molar-refractivity contribution is -0.350. The minimum absolute atomic E-state index is 0.00968. The number of nitrogens with one attached hydrogen (secondary N) is 3. The van der Waals surface area contributed by atoms with Crippen molar-refractivity contribution in [3.8, 4) is 0 Å². The average Bonchev–Trinajstić information content (AvgIpc) is 2.16. The van der Waals surface area contributed by atoms with Gasteiger partial charge in [0.25, 0.3) is 5.56 Å². The molecule has 1 aromatic heterocycles. The minimum Gasteiger partial charge on any atom is -0.372 e. The molecule has 0 saturated heterocycles. The van der Waals surface area contributed by atoms with Crippen molar-refractivity contribution in [3.05, 3.63) is 32.4 Å². The zero-order valence-electron chi connectivity index (χ0n) is 7.20. The van der Waals surface area contributed by atoms with Crippen molar-refractivity contribution < 1.29 is 4.92 Å². The molecule has 8 nitrogen and oxygen atoms in total. The number of anilines is 1. The summed E-state index contributed by atoms with van der Waals surface area (Å²) in [5.41, 5.74) is -1.09. The number of H-pyrrole nitrogens is 1. The third-order valence-corrected chi connectivity index (χ3v) is 1.51. The number of amidine groups is 1. The van der Waals surface area contributed by atoms with Crippen LogP contribution in [0.1, 0.15) is 5.56 Å². The van der Waals surface area contributed by atoms with Gasteiger partial charge in [-0.2, -0.15) is 0 Å². The van der Waals surface area contributed by atoms with Gasteiger partial charge in [-0.15, -0.1) is 0 Å². The second-order valence-corrected chi connectivity index (χ2v) is 2.31. The molecule has 74 valence electrons. The van der Waals surface area contributed by atoms with Crippen LogP contribution in [0, 0.1) is 15.5 Å². The molecule has 0 saturated carbocycles. The van der Waals surface area contributed by atoms with Gasteiger partial charge in [-0.1, -0.05) is 5.41 Å². The average molecular weight is 197 g/mol. The zero-order chi connectivity index (χ0) is 10.7. The summed E-state index contributed by atoms with van der Waals surface area (Å²) in [7, 11) is 1.46. The molecule has 1 aromatic rings. The van der Waals surface area contributed by atoms with Crippen LogP contribution >= 0.6 is 0 Å². The molecule has 8 heteroatoms. The van der Waals surface area contributed by atoms with Crippen LogP contribution in [0.3, 0.4) is 0 Å². The van der Waals surface area contributed by atoms with Crippen LogP contribution in [-0.2, 0) is 0 Å². The Labute approximate surface area is 77.7 Å². The number of nitro groups is 1. The first-order valence-corrected chi connectivity index (χ1v) is 3.56. The normalized spacial score (nSPS) is 9.50. The van der Waals surface area contributed by atoms with Gasteiger partial charge in [-0.3, -0.25) is 4.79 Å². The summed E-state index contributed by atoms with van der Waals surface area (Å²) in [6.07, 6.45) is 1.10. The molecule has 0 aliphatic carbocycles. The highest BCUT2D eigenvalue weighted by Crippen LogP contribution is 2.05. The molecule has 0 unspecified atom stereocenters. The Morgan fingerprint density at radius 1 is 1.79 bits per heavy atom. The SMILES string of the molecule is CNc1nc[nH]c(=O)c1C(=N)[N+](=O)[O-]. The van der Waals surface area contributed by atoms with Gasteiger partial charge in [0.1, 0.15) is 5.82 Å². The highest BCUT2D eigenvalue weighted by atomic mass is 16.6. The lowest BCUT2D eigenvalue weighted by atomic mass is 10.3.